The molecule has 1 aliphatic rings. The van der Waals surface area contributed by atoms with Gasteiger partial charge in [-0.2, -0.15) is 8.42 Å². The first kappa shape index (κ1) is 19.0. The lowest BCUT2D eigenvalue weighted by molar-refractivity contribution is -0.111. The minimum absolute atomic E-state index is 0.0340. The number of aliphatic imine (C=N–C) groups is 1. The van der Waals surface area contributed by atoms with E-state index in [1.165, 1.54) is 25.1 Å². The second-order valence-electron chi connectivity index (χ2n) is 6.37. The van der Waals surface area contributed by atoms with Gasteiger partial charge in [-0.1, -0.05) is 31.5 Å². The van der Waals surface area contributed by atoms with Crippen LogP contribution in [0, 0.1) is 12.8 Å². The molecule has 0 saturated carbocycles. The van der Waals surface area contributed by atoms with E-state index in [1.807, 2.05) is 20.8 Å². The van der Waals surface area contributed by atoms with E-state index in [9.17, 15) is 13.2 Å². The van der Waals surface area contributed by atoms with Crippen LogP contribution in [0.15, 0.2) is 61.8 Å². The minimum Gasteiger partial charge on any atom is -0.290 e. The lowest BCUT2D eigenvalue weighted by Gasteiger charge is -2.15. The van der Waals surface area contributed by atoms with Gasteiger partial charge in [0.15, 0.2) is 5.78 Å². The normalized spacial score (nSPS) is 17.8. The molecule has 25 heavy (non-hydrogen) atoms. The summed E-state index contributed by atoms with van der Waals surface area (Å²) in [6.45, 7) is 9.05. The zero-order valence-corrected chi connectivity index (χ0v) is 15.9. The Labute approximate surface area is 149 Å². The average Bonchev–Trinajstić information content (AvgIpc) is 2.49. The fourth-order valence-corrected chi connectivity index (χ4v) is 3.36. The van der Waals surface area contributed by atoms with E-state index in [0.717, 1.165) is 5.56 Å². The Morgan fingerprint density at radius 1 is 1.04 bits per heavy atom. The van der Waals surface area contributed by atoms with Gasteiger partial charge in [0.1, 0.15) is 5.84 Å². The van der Waals surface area contributed by atoms with Crippen molar-refractivity contribution in [2.75, 3.05) is 0 Å². The van der Waals surface area contributed by atoms with Crippen molar-refractivity contribution in [2.45, 2.75) is 39.5 Å². The van der Waals surface area contributed by atoms with Crippen LogP contribution in [-0.2, 0) is 14.8 Å². The topological polar surface area (TPSA) is 75.9 Å². The van der Waals surface area contributed by atoms with Gasteiger partial charge in [-0.05, 0) is 56.5 Å². The van der Waals surface area contributed by atoms with Gasteiger partial charge in [-0.3, -0.25) is 4.79 Å². The van der Waals surface area contributed by atoms with Gasteiger partial charge in [0, 0.05) is 5.57 Å². The van der Waals surface area contributed by atoms with E-state index < -0.39 is 10.0 Å². The van der Waals surface area contributed by atoms with Crippen molar-refractivity contribution in [3.63, 3.8) is 0 Å². The summed E-state index contributed by atoms with van der Waals surface area (Å²) in [5.74, 6) is 0.154. The predicted octanol–water partition coefficient (Wildman–Crippen LogP) is 3.65. The first-order valence-corrected chi connectivity index (χ1v) is 9.45. The van der Waals surface area contributed by atoms with Crippen molar-refractivity contribution in [3.8, 4) is 0 Å². The summed E-state index contributed by atoms with van der Waals surface area (Å²) in [6, 6.07) is 6.49. The molecular formula is C19H22N2O3S. The number of rotatable bonds is 3. The van der Waals surface area contributed by atoms with Crippen molar-refractivity contribution in [3.05, 3.63) is 53.1 Å². The van der Waals surface area contributed by atoms with Gasteiger partial charge in [-0.25, -0.2) is 4.99 Å². The van der Waals surface area contributed by atoms with Crippen molar-refractivity contribution >= 4 is 27.4 Å². The number of carbonyl (C=O) groups excluding carboxylic acids is 1. The van der Waals surface area contributed by atoms with Crippen LogP contribution < -0.4 is 0 Å². The summed E-state index contributed by atoms with van der Waals surface area (Å²) < 4.78 is 28.5. The molecule has 0 radical (unpaired) electrons. The van der Waals surface area contributed by atoms with E-state index in [2.05, 4.69) is 9.39 Å². The highest BCUT2D eigenvalue weighted by Crippen LogP contribution is 2.20. The van der Waals surface area contributed by atoms with Crippen molar-refractivity contribution in [2.24, 2.45) is 15.3 Å². The lowest BCUT2D eigenvalue weighted by Crippen LogP contribution is -2.16. The Bertz CT molecular complexity index is 916. The first-order valence-electron chi connectivity index (χ1n) is 8.01. The molecular weight excluding hydrogens is 336 g/mol. The Hall–Kier alpha value is -2.34. The van der Waals surface area contributed by atoms with Gasteiger partial charge >= 0.3 is 0 Å². The van der Waals surface area contributed by atoms with E-state index in [0.29, 0.717) is 16.9 Å². The molecule has 1 aromatic rings. The molecule has 0 aromatic heterocycles. The molecule has 5 nitrogen and oxygen atoms in total. The van der Waals surface area contributed by atoms with E-state index in [1.54, 1.807) is 25.1 Å². The molecule has 0 fully saturated rings. The molecule has 0 atom stereocenters. The molecule has 0 spiro atoms. The Morgan fingerprint density at radius 2 is 1.64 bits per heavy atom. The van der Waals surface area contributed by atoms with E-state index in [4.69, 9.17) is 0 Å². The first-order chi connectivity index (χ1) is 11.6. The number of nitrogens with zero attached hydrogens (tertiary/aromatic N) is 2. The molecule has 0 saturated heterocycles. The number of sulfonamides is 1. The van der Waals surface area contributed by atoms with Crippen LogP contribution in [0.1, 0.15) is 33.3 Å². The molecule has 0 bridgehead atoms. The highest BCUT2D eigenvalue weighted by atomic mass is 32.2. The third kappa shape index (κ3) is 4.60. The molecule has 0 N–H and O–H groups in total. The Balaban J connectivity index is 2.39. The van der Waals surface area contributed by atoms with Crippen LogP contribution >= 0.6 is 0 Å². The van der Waals surface area contributed by atoms with Gasteiger partial charge < -0.3 is 0 Å². The predicted molar refractivity (Wildman–Crippen MR) is 101 cm³/mol. The molecule has 0 unspecified atom stereocenters. The lowest BCUT2D eigenvalue weighted by atomic mass is 9.90. The summed E-state index contributed by atoms with van der Waals surface area (Å²) in [6.07, 6.45) is 3.23. The zero-order valence-electron chi connectivity index (χ0n) is 15.1. The maximum atomic E-state index is 12.4. The monoisotopic (exact) mass is 358 g/mol. The smallest absolute Gasteiger partial charge is 0.283 e. The summed E-state index contributed by atoms with van der Waals surface area (Å²) in [5, 5.41) is 0. The highest BCUT2D eigenvalue weighted by Gasteiger charge is 2.19. The average molecular weight is 358 g/mol. The molecule has 1 aliphatic carbocycles. The molecule has 6 heteroatoms. The summed E-state index contributed by atoms with van der Waals surface area (Å²) in [4.78, 5) is 16.4. The van der Waals surface area contributed by atoms with Crippen LogP contribution in [0.4, 0.5) is 0 Å². The van der Waals surface area contributed by atoms with Crippen LogP contribution in [-0.4, -0.2) is 25.7 Å². The van der Waals surface area contributed by atoms with Crippen LogP contribution in [0.5, 0.6) is 0 Å². The quantitative estimate of drug-likeness (QED) is 0.470. The summed E-state index contributed by atoms with van der Waals surface area (Å²) in [7, 11) is -3.81. The number of amidine groups is 1. The van der Waals surface area contributed by atoms with Crippen molar-refractivity contribution in [1.29, 1.82) is 0 Å². The molecule has 0 aliphatic heterocycles. The molecule has 0 heterocycles. The highest BCUT2D eigenvalue weighted by molar-refractivity contribution is 7.90. The van der Waals surface area contributed by atoms with E-state index >= 15 is 0 Å². The van der Waals surface area contributed by atoms with Crippen LogP contribution in [0.3, 0.4) is 0 Å². The number of aryl methyl sites for hydroxylation is 1. The van der Waals surface area contributed by atoms with Gasteiger partial charge in [0.25, 0.3) is 10.0 Å². The maximum Gasteiger partial charge on any atom is 0.283 e. The minimum atomic E-state index is -3.81. The third-order valence-electron chi connectivity index (χ3n) is 3.80. The second-order valence-corrected chi connectivity index (χ2v) is 7.97. The summed E-state index contributed by atoms with van der Waals surface area (Å²) in [5.41, 5.74) is 2.87. The number of hydrogen-bond acceptors (Lipinski definition) is 3. The van der Waals surface area contributed by atoms with Gasteiger partial charge in [-0.15, -0.1) is 4.40 Å². The van der Waals surface area contributed by atoms with Crippen LogP contribution in [0.25, 0.3) is 0 Å². The Morgan fingerprint density at radius 3 is 2.20 bits per heavy atom. The fraction of sp³-hybridized carbons (Fsp3) is 0.316. The standard InChI is InChI=1S/C19H22N2O3S/c1-12(2)17-11-18(14(4)10-19(17)22)20-15(5)21-25(23,24)16-8-6-13(3)7-9-16/h6-12H,1-5H3/b20-18?,21-15-. The van der Waals surface area contributed by atoms with Gasteiger partial charge in [0.05, 0.1) is 10.6 Å². The largest absolute Gasteiger partial charge is 0.290 e. The fourth-order valence-electron chi connectivity index (χ4n) is 2.39. The Kier molecular flexibility index (Phi) is 5.52. The molecule has 132 valence electrons. The van der Waals surface area contributed by atoms with E-state index in [-0.39, 0.29) is 22.4 Å². The molecule has 2 rings (SSSR count). The number of carbonyl (C=O) groups is 1. The third-order valence-corrected chi connectivity index (χ3v) is 5.18. The number of hydrogen-bond donors (Lipinski definition) is 0. The molecule has 1 aromatic carbocycles. The number of ketones is 1. The maximum absolute atomic E-state index is 12.4. The number of benzene rings is 1. The summed E-state index contributed by atoms with van der Waals surface area (Å²) >= 11 is 0. The number of allylic oxidation sites excluding steroid dienone is 4. The zero-order chi connectivity index (χ0) is 18.8. The van der Waals surface area contributed by atoms with Crippen molar-refractivity contribution < 1.29 is 13.2 Å². The van der Waals surface area contributed by atoms with Gasteiger partial charge in [0.2, 0.25) is 0 Å². The molecule has 0 amide bonds. The van der Waals surface area contributed by atoms with Crippen molar-refractivity contribution in [1.82, 2.24) is 0 Å². The second kappa shape index (κ2) is 7.27. The van der Waals surface area contributed by atoms with Crippen LogP contribution in [0.2, 0.25) is 0 Å². The SMILES string of the molecule is CC1=CC(=O)C(C(C)C)=CC1=N/C(C)=N\S(=O)(=O)c1ccc(C)cc1.